The van der Waals surface area contributed by atoms with Gasteiger partial charge in [-0.25, -0.2) is 0 Å². The Kier molecular flexibility index (Phi) is 8.22. The average molecular weight is 371 g/mol. The van der Waals surface area contributed by atoms with Crippen LogP contribution in [-0.2, 0) is 16.0 Å². The van der Waals surface area contributed by atoms with Gasteiger partial charge in [-0.2, -0.15) is 11.8 Å². The topological polar surface area (TPSA) is 58.2 Å². The molecular weight excluding hydrogens is 344 g/mol. The molecule has 0 saturated heterocycles. The highest BCUT2D eigenvalue weighted by Crippen LogP contribution is 2.13. The second kappa shape index (κ2) is 10.7. The summed E-state index contributed by atoms with van der Waals surface area (Å²) < 4.78 is 0. The molecule has 26 heavy (non-hydrogen) atoms. The Bertz CT molecular complexity index is 729. The maximum absolute atomic E-state index is 11.9. The van der Waals surface area contributed by atoms with E-state index >= 15 is 0 Å². The van der Waals surface area contributed by atoms with Crippen LogP contribution in [0.5, 0.6) is 0 Å². The van der Waals surface area contributed by atoms with Crippen LogP contribution in [0.3, 0.4) is 0 Å². The largest absolute Gasteiger partial charge is 0.326 e. The summed E-state index contributed by atoms with van der Waals surface area (Å²) in [4.78, 5) is 23.8. The number of aryl methyl sites for hydroxylation is 2. The molecule has 2 aromatic rings. The first-order valence-corrected chi connectivity index (χ1v) is 10.1. The van der Waals surface area contributed by atoms with Gasteiger partial charge in [0, 0.05) is 17.8 Å². The highest BCUT2D eigenvalue weighted by Gasteiger charge is 2.05. The molecule has 2 aromatic carbocycles. The van der Waals surface area contributed by atoms with Gasteiger partial charge in [0.15, 0.2) is 0 Å². The van der Waals surface area contributed by atoms with Crippen molar-refractivity contribution in [3.63, 3.8) is 0 Å². The molecule has 0 bridgehead atoms. The van der Waals surface area contributed by atoms with Crippen LogP contribution in [0.4, 0.5) is 11.4 Å². The second-order valence-corrected chi connectivity index (χ2v) is 7.28. The molecule has 2 amide bonds. The molecule has 0 aliphatic rings. The summed E-state index contributed by atoms with van der Waals surface area (Å²) in [6, 6.07) is 15.7. The number of nitrogens with one attached hydrogen (secondary N) is 2. The van der Waals surface area contributed by atoms with Gasteiger partial charge >= 0.3 is 0 Å². The van der Waals surface area contributed by atoms with E-state index in [0.29, 0.717) is 12.2 Å². The maximum atomic E-state index is 11.9. The summed E-state index contributed by atoms with van der Waals surface area (Å²) >= 11 is 1.55. The maximum Gasteiger partial charge on any atom is 0.234 e. The Balaban J connectivity index is 1.59. The predicted molar refractivity (Wildman–Crippen MR) is 111 cm³/mol. The van der Waals surface area contributed by atoms with E-state index in [4.69, 9.17) is 0 Å². The fourth-order valence-electron chi connectivity index (χ4n) is 2.47. The standard InChI is InChI=1S/C21H26N2O2S/c1-3-17-9-11-18(12-10-17)22-21(25)15-26-13-5-8-20(24)23-19-7-4-6-16(2)14-19/h4,6-7,9-12,14H,3,5,8,13,15H2,1-2H3,(H,22,25)(H,23,24). The lowest BCUT2D eigenvalue weighted by atomic mass is 10.1. The lowest BCUT2D eigenvalue weighted by Gasteiger charge is -2.07. The quantitative estimate of drug-likeness (QED) is 0.632. The summed E-state index contributed by atoms with van der Waals surface area (Å²) in [6.07, 6.45) is 2.20. The van der Waals surface area contributed by atoms with Gasteiger partial charge in [0.25, 0.3) is 0 Å². The van der Waals surface area contributed by atoms with Crippen molar-refractivity contribution < 1.29 is 9.59 Å². The Morgan fingerprint density at radius 2 is 1.69 bits per heavy atom. The molecule has 0 atom stereocenters. The molecule has 0 heterocycles. The number of carbonyl (C=O) groups is 2. The van der Waals surface area contributed by atoms with Gasteiger partial charge in [0.2, 0.25) is 11.8 Å². The molecule has 2 rings (SSSR count). The minimum absolute atomic E-state index is 0.0107. The van der Waals surface area contributed by atoms with Crippen LogP contribution < -0.4 is 10.6 Å². The zero-order chi connectivity index (χ0) is 18.8. The lowest BCUT2D eigenvalue weighted by molar-refractivity contribution is -0.116. The summed E-state index contributed by atoms with van der Waals surface area (Å²) in [5.41, 5.74) is 4.02. The Morgan fingerprint density at radius 1 is 0.962 bits per heavy atom. The van der Waals surface area contributed by atoms with Gasteiger partial charge in [-0.1, -0.05) is 31.2 Å². The van der Waals surface area contributed by atoms with Gasteiger partial charge in [-0.15, -0.1) is 0 Å². The van der Waals surface area contributed by atoms with Crippen LogP contribution in [0, 0.1) is 6.92 Å². The molecule has 0 aliphatic carbocycles. The molecule has 0 spiro atoms. The Morgan fingerprint density at radius 3 is 2.38 bits per heavy atom. The van der Waals surface area contributed by atoms with Crippen molar-refractivity contribution in [2.75, 3.05) is 22.1 Å². The molecule has 0 aromatic heterocycles. The van der Waals surface area contributed by atoms with Crippen LogP contribution in [-0.4, -0.2) is 23.3 Å². The third-order valence-electron chi connectivity index (χ3n) is 3.87. The summed E-state index contributed by atoms with van der Waals surface area (Å²) in [5.74, 6) is 1.18. The summed E-state index contributed by atoms with van der Waals surface area (Å²) in [7, 11) is 0. The number of anilines is 2. The van der Waals surface area contributed by atoms with Crippen molar-refractivity contribution in [1.29, 1.82) is 0 Å². The number of hydrogen-bond donors (Lipinski definition) is 2. The third-order valence-corrected chi connectivity index (χ3v) is 4.92. The SMILES string of the molecule is CCc1ccc(NC(=O)CSCCCC(=O)Nc2cccc(C)c2)cc1. The van der Waals surface area contributed by atoms with Crippen LogP contribution in [0.1, 0.15) is 30.9 Å². The number of hydrogen-bond acceptors (Lipinski definition) is 3. The van der Waals surface area contributed by atoms with E-state index in [0.717, 1.165) is 35.5 Å². The van der Waals surface area contributed by atoms with E-state index in [1.54, 1.807) is 11.8 Å². The molecular formula is C21H26N2O2S. The zero-order valence-electron chi connectivity index (χ0n) is 15.4. The number of thioether (sulfide) groups is 1. The number of rotatable bonds is 9. The van der Waals surface area contributed by atoms with Gasteiger partial charge < -0.3 is 10.6 Å². The molecule has 0 radical (unpaired) electrons. The monoisotopic (exact) mass is 370 g/mol. The lowest BCUT2D eigenvalue weighted by Crippen LogP contribution is -2.15. The fraction of sp³-hybridized carbons (Fsp3) is 0.333. The Labute approximate surface area is 159 Å². The molecule has 0 saturated carbocycles. The van der Waals surface area contributed by atoms with Gasteiger partial charge in [-0.05, 0) is 60.9 Å². The number of amides is 2. The molecule has 5 heteroatoms. The smallest absolute Gasteiger partial charge is 0.234 e. The summed E-state index contributed by atoms with van der Waals surface area (Å²) in [5, 5.41) is 5.79. The van der Waals surface area contributed by atoms with E-state index in [1.807, 2.05) is 55.5 Å². The van der Waals surface area contributed by atoms with E-state index in [1.165, 1.54) is 5.56 Å². The third kappa shape index (κ3) is 7.31. The second-order valence-electron chi connectivity index (χ2n) is 6.17. The predicted octanol–water partition coefficient (Wildman–Crippen LogP) is 4.65. The van der Waals surface area contributed by atoms with Gasteiger partial charge in [-0.3, -0.25) is 9.59 Å². The molecule has 4 nitrogen and oxygen atoms in total. The Hall–Kier alpha value is -2.27. The fourth-order valence-corrected chi connectivity index (χ4v) is 3.22. The normalized spacial score (nSPS) is 10.4. The highest BCUT2D eigenvalue weighted by atomic mass is 32.2. The molecule has 0 fully saturated rings. The zero-order valence-corrected chi connectivity index (χ0v) is 16.2. The minimum atomic E-state index is -0.0107. The average Bonchev–Trinajstić information content (AvgIpc) is 2.62. The number of benzene rings is 2. The first-order chi connectivity index (χ1) is 12.6. The molecule has 0 unspecified atom stereocenters. The molecule has 0 aliphatic heterocycles. The van der Waals surface area contributed by atoms with E-state index in [9.17, 15) is 9.59 Å². The van der Waals surface area contributed by atoms with Crippen molar-refractivity contribution >= 4 is 35.0 Å². The summed E-state index contributed by atoms with van der Waals surface area (Å²) in [6.45, 7) is 4.10. The van der Waals surface area contributed by atoms with Crippen molar-refractivity contribution in [2.45, 2.75) is 33.1 Å². The van der Waals surface area contributed by atoms with E-state index in [-0.39, 0.29) is 11.8 Å². The van der Waals surface area contributed by atoms with E-state index in [2.05, 4.69) is 17.6 Å². The van der Waals surface area contributed by atoms with Crippen LogP contribution in [0.25, 0.3) is 0 Å². The highest BCUT2D eigenvalue weighted by molar-refractivity contribution is 7.99. The molecule has 138 valence electrons. The van der Waals surface area contributed by atoms with Crippen molar-refractivity contribution in [3.8, 4) is 0 Å². The first kappa shape index (κ1) is 20.0. The van der Waals surface area contributed by atoms with Gasteiger partial charge in [0.05, 0.1) is 5.75 Å². The van der Waals surface area contributed by atoms with Gasteiger partial charge in [0.1, 0.15) is 0 Å². The molecule has 2 N–H and O–H groups in total. The first-order valence-electron chi connectivity index (χ1n) is 8.90. The number of carbonyl (C=O) groups excluding carboxylic acids is 2. The van der Waals surface area contributed by atoms with Crippen LogP contribution in [0.2, 0.25) is 0 Å². The minimum Gasteiger partial charge on any atom is -0.326 e. The van der Waals surface area contributed by atoms with Crippen molar-refractivity contribution in [1.82, 2.24) is 0 Å². The van der Waals surface area contributed by atoms with Crippen molar-refractivity contribution in [3.05, 3.63) is 59.7 Å². The van der Waals surface area contributed by atoms with E-state index < -0.39 is 0 Å². The van der Waals surface area contributed by atoms with Crippen LogP contribution >= 0.6 is 11.8 Å². The van der Waals surface area contributed by atoms with Crippen LogP contribution in [0.15, 0.2) is 48.5 Å². The van der Waals surface area contributed by atoms with Crippen molar-refractivity contribution in [2.24, 2.45) is 0 Å².